The van der Waals surface area contributed by atoms with Crippen LogP contribution < -0.4 is 5.73 Å². The fourth-order valence-corrected chi connectivity index (χ4v) is 2.50. The van der Waals surface area contributed by atoms with Crippen LogP contribution in [-0.2, 0) is 6.54 Å². The molecule has 0 spiro atoms. The van der Waals surface area contributed by atoms with E-state index in [9.17, 15) is 0 Å². The third-order valence-electron chi connectivity index (χ3n) is 3.66. The van der Waals surface area contributed by atoms with Gasteiger partial charge in [-0.3, -0.25) is 4.98 Å². The monoisotopic (exact) mass is 280 g/mol. The summed E-state index contributed by atoms with van der Waals surface area (Å²) in [6.07, 6.45) is 4.73. The molecule has 4 nitrogen and oxygen atoms in total. The molecule has 2 aromatic heterocycles. The number of para-hydroxylation sites is 1. The van der Waals surface area contributed by atoms with E-state index < -0.39 is 0 Å². The molecule has 21 heavy (non-hydrogen) atoms. The molecule has 0 unspecified atom stereocenters. The number of benzene rings is 1. The van der Waals surface area contributed by atoms with E-state index >= 15 is 0 Å². The highest BCUT2D eigenvalue weighted by Crippen LogP contribution is 2.28. The molecule has 0 fully saturated rings. The van der Waals surface area contributed by atoms with E-state index in [0.717, 1.165) is 41.1 Å². The van der Waals surface area contributed by atoms with Crippen LogP contribution in [0.25, 0.3) is 22.4 Å². The first-order valence-electron chi connectivity index (χ1n) is 7.32. The maximum atomic E-state index is 6.08. The van der Waals surface area contributed by atoms with Crippen LogP contribution in [0.3, 0.4) is 0 Å². The van der Waals surface area contributed by atoms with Crippen molar-refractivity contribution < 1.29 is 0 Å². The van der Waals surface area contributed by atoms with Gasteiger partial charge in [0.2, 0.25) is 0 Å². The van der Waals surface area contributed by atoms with Crippen LogP contribution in [-0.4, -0.2) is 14.5 Å². The highest BCUT2D eigenvalue weighted by molar-refractivity contribution is 5.90. The molecular formula is C17H20N4. The van der Waals surface area contributed by atoms with Crippen LogP contribution in [0.5, 0.6) is 0 Å². The fraction of sp³-hybridized carbons (Fsp3) is 0.294. The van der Waals surface area contributed by atoms with Crippen LogP contribution in [0, 0.1) is 5.92 Å². The Bertz CT molecular complexity index is 744. The van der Waals surface area contributed by atoms with Crippen LogP contribution in [0.2, 0.25) is 0 Å². The molecule has 0 bridgehead atoms. The lowest BCUT2D eigenvalue weighted by Crippen LogP contribution is -2.03. The Kier molecular flexibility index (Phi) is 3.60. The van der Waals surface area contributed by atoms with Crippen molar-refractivity contribution in [2.75, 3.05) is 5.73 Å². The number of aromatic nitrogens is 3. The summed E-state index contributed by atoms with van der Waals surface area (Å²) in [5.41, 5.74) is 9.80. The number of imidazole rings is 1. The van der Waals surface area contributed by atoms with E-state index in [1.165, 1.54) is 0 Å². The molecule has 2 heterocycles. The number of aryl methyl sites for hydroxylation is 1. The fourth-order valence-electron chi connectivity index (χ4n) is 2.50. The summed E-state index contributed by atoms with van der Waals surface area (Å²) in [6.45, 7) is 5.40. The summed E-state index contributed by atoms with van der Waals surface area (Å²) < 4.78 is 2.25. The van der Waals surface area contributed by atoms with Crippen molar-refractivity contribution in [3.05, 3.63) is 42.7 Å². The number of hydrogen-bond donors (Lipinski definition) is 1. The summed E-state index contributed by atoms with van der Waals surface area (Å²) >= 11 is 0. The zero-order valence-corrected chi connectivity index (χ0v) is 12.5. The first-order chi connectivity index (χ1) is 10.2. The Balaban J connectivity index is 2.18. The molecule has 0 aliphatic carbocycles. The molecule has 0 saturated heterocycles. The lowest BCUT2D eigenvalue weighted by atomic mass is 10.1. The van der Waals surface area contributed by atoms with Crippen molar-refractivity contribution in [1.29, 1.82) is 0 Å². The minimum atomic E-state index is 0.644. The van der Waals surface area contributed by atoms with Gasteiger partial charge in [-0.15, -0.1) is 0 Å². The number of anilines is 1. The average molecular weight is 280 g/mol. The number of pyridine rings is 1. The highest BCUT2D eigenvalue weighted by Gasteiger charge is 2.14. The lowest BCUT2D eigenvalue weighted by Gasteiger charge is -2.11. The van der Waals surface area contributed by atoms with Gasteiger partial charge in [0.05, 0.1) is 11.2 Å². The van der Waals surface area contributed by atoms with Crippen LogP contribution >= 0.6 is 0 Å². The van der Waals surface area contributed by atoms with Crippen LogP contribution in [0.4, 0.5) is 5.69 Å². The Hall–Kier alpha value is -2.36. The molecule has 4 heteroatoms. The lowest BCUT2D eigenvalue weighted by molar-refractivity contribution is 0.525. The minimum Gasteiger partial charge on any atom is -0.397 e. The van der Waals surface area contributed by atoms with Crippen molar-refractivity contribution in [1.82, 2.24) is 14.5 Å². The Labute approximate surface area is 124 Å². The molecule has 108 valence electrons. The van der Waals surface area contributed by atoms with E-state index in [2.05, 4.69) is 29.5 Å². The number of nitrogen functional groups attached to an aromatic ring is 1. The van der Waals surface area contributed by atoms with Gasteiger partial charge in [0.15, 0.2) is 0 Å². The van der Waals surface area contributed by atoms with Gasteiger partial charge >= 0.3 is 0 Å². The second-order valence-corrected chi connectivity index (χ2v) is 5.73. The molecule has 0 radical (unpaired) electrons. The van der Waals surface area contributed by atoms with E-state index in [1.807, 2.05) is 30.5 Å². The Morgan fingerprint density at radius 1 is 1.19 bits per heavy atom. The third kappa shape index (κ3) is 2.61. The third-order valence-corrected chi connectivity index (χ3v) is 3.66. The number of rotatable bonds is 4. The van der Waals surface area contributed by atoms with Crippen molar-refractivity contribution in [3.8, 4) is 11.4 Å². The summed E-state index contributed by atoms with van der Waals surface area (Å²) in [6, 6.07) is 9.94. The molecule has 3 aromatic rings. The van der Waals surface area contributed by atoms with Gasteiger partial charge in [0.25, 0.3) is 0 Å². The van der Waals surface area contributed by atoms with E-state index in [1.54, 1.807) is 6.20 Å². The predicted molar refractivity (Wildman–Crippen MR) is 86.8 cm³/mol. The smallest absolute Gasteiger partial charge is 0.142 e. The first-order valence-corrected chi connectivity index (χ1v) is 7.32. The molecular weight excluding hydrogens is 260 g/mol. The molecule has 0 aliphatic rings. The number of nitrogens with zero attached hydrogens (tertiary/aromatic N) is 3. The van der Waals surface area contributed by atoms with Crippen molar-refractivity contribution in [3.63, 3.8) is 0 Å². The number of fused-ring (bicyclic) bond motifs is 1. The minimum absolute atomic E-state index is 0.644. The van der Waals surface area contributed by atoms with Crippen LogP contribution in [0.15, 0.2) is 42.7 Å². The van der Waals surface area contributed by atoms with E-state index in [4.69, 9.17) is 10.7 Å². The van der Waals surface area contributed by atoms with E-state index in [-0.39, 0.29) is 0 Å². The maximum Gasteiger partial charge on any atom is 0.142 e. The molecule has 0 atom stereocenters. The zero-order valence-electron chi connectivity index (χ0n) is 12.5. The predicted octanol–water partition coefficient (Wildman–Crippen LogP) is 3.73. The molecule has 3 rings (SSSR count). The highest BCUT2D eigenvalue weighted by atomic mass is 15.1. The van der Waals surface area contributed by atoms with Gasteiger partial charge in [-0.25, -0.2) is 4.98 Å². The average Bonchev–Trinajstić information content (AvgIpc) is 2.86. The van der Waals surface area contributed by atoms with Gasteiger partial charge in [-0.05, 0) is 36.6 Å². The van der Waals surface area contributed by atoms with Gasteiger partial charge in [0, 0.05) is 24.5 Å². The van der Waals surface area contributed by atoms with Gasteiger partial charge in [-0.2, -0.15) is 0 Å². The zero-order chi connectivity index (χ0) is 14.8. The van der Waals surface area contributed by atoms with Crippen LogP contribution in [0.1, 0.15) is 20.3 Å². The van der Waals surface area contributed by atoms with Gasteiger partial charge < -0.3 is 10.3 Å². The summed E-state index contributed by atoms with van der Waals surface area (Å²) in [4.78, 5) is 8.96. The van der Waals surface area contributed by atoms with Crippen molar-refractivity contribution >= 4 is 16.7 Å². The molecule has 0 saturated carbocycles. The SMILES string of the molecule is CC(C)CCn1c(-c2cccnc2)nc2c(N)cccc21. The Morgan fingerprint density at radius 3 is 2.76 bits per heavy atom. The van der Waals surface area contributed by atoms with Crippen molar-refractivity contribution in [2.24, 2.45) is 5.92 Å². The molecule has 1 aromatic carbocycles. The quantitative estimate of drug-likeness (QED) is 0.741. The summed E-state index contributed by atoms with van der Waals surface area (Å²) in [7, 11) is 0. The standard InChI is InChI=1S/C17H20N4/c1-12(2)8-10-21-15-7-3-6-14(18)16(15)20-17(21)13-5-4-9-19-11-13/h3-7,9,11-12H,8,10,18H2,1-2H3. The second kappa shape index (κ2) is 5.56. The normalized spacial score (nSPS) is 11.4. The number of nitrogens with two attached hydrogens (primary N) is 1. The topological polar surface area (TPSA) is 56.7 Å². The maximum absolute atomic E-state index is 6.08. The molecule has 0 aliphatic heterocycles. The first kappa shape index (κ1) is 13.6. The summed E-state index contributed by atoms with van der Waals surface area (Å²) in [5.74, 6) is 1.59. The summed E-state index contributed by atoms with van der Waals surface area (Å²) in [5, 5.41) is 0. The molecule has 0 amide bonds. The Morgan fingerprint density at radius 2 is 2.05 bits per heavy atom. The largest absolute Gasteiger partial charge is 0.397 e. The van der Waals surface area contributed by atoms with E-state index in [0.29, 0.717) is 5.92 Å². The second-order valence-electron chi connectivity index (χ2n) is 5.73. The van der Waals surface area contributed by atoms with Gasteiger partial charge in [-0.1, -0.05) is 19.9 Å². The van der Waals surface area contributed by atoms with Crippen molar-refractivity contribution in [2.45, 2.75) is 26.8 Å². The van der Waals surface area contributed by atoms with Gasteiger partial charge in [0.1, 0.15) is 11.3 Å². The molecule has 2 N–H and O–H groups in total. The number of hydrogen-bond acceptors (Lipinski definition) is 3.